The first kappa shape index (κ1) is 19.6. The number of benzene rings is 2. The zero-order valence-corrected chi connectivity index (χ0v) is 15.9. The Morgan fingerprint density at radius 3 is 2.39 bits per heavy atom. The molecule has 3 N–H and O–H groups in total. The summed E-state index contributed by atoms with van der Waals surface area (Å²) < 4.78 is 0. The van der Waals surface area contributed by atoms with E-state index in [2.05, 4.69) is 15.8 Å². The first-order valence-electron chi connectivity index (χ1n) is 9.58. The average Bonchev–Trinajstić information content (AvgIpc) is 2.73. The fourth-order valence-corrected chi connectivity index (χ4v) is 3.31. The number of rotatable bonds is 5. The van der Waals surface area contributed by atoms with Crippen molar-refractivity contribution in [2.45, 2.75) is 39.0 Å². The minimum Gasteiger partial charge on any atom is -0.508 e. The lowest BCUT2D eigenvalue weighted by atomic mass is 9.88. The van der Waals surface area contributed by atoms with Gasteiger partial charge in [0.05, 0.1) is 5.71 Å². The van der Waals surface area contributed by atoms with Crippen molar-refractivity contribution in [2.75, 3.05) is 5.32 Å². The van der Waals surface area contributed by atoms with E-state index in [4.69, 9.17) is 0 Å². The van der Waals surface area contributed by atoms with Crippen LogP contribution in [0, 0.1) is 5.92 Å². The zero-order valence-electron chi connectivity index (χ0n) is 15.9. The van der Waals surface area contributed by atoms with Crippen LogP contribution in [0.5, 0.6) is 5.75 Å². The van der Waals surface area contributed by atoms with Crippen LogP contribution < -0.4 is 10.7 Å². The molecule has 0 unspecified atom stereocenters. The number of hydrazone groups is 1. The predicted octanol–water partition coefficient (Wildman–Crippen LogP) is 4.07. The number of nitrogens with one attached hydrogen (secondary N) is 2. The molecule has 6 heteroatoms. The molecule has 0 heterocycles. The molecular weight excluding hydrogens is 354 g/mol. The molecule has 146 valence electrons. The Hall–Kier alpha value is -3.15. The van der Waals surface area contributed by atoms with E-state index >= 15 is 0 Å². The quantitative estimate of drug-likeness (QED) is 0.540. The van der Waals surface area contributed by atoms with Crippen molar-refractivity contribution in [3.05, 3.63) is 59.7 Å². The van der Waals surface area contributed by atoms with Crippen molar-refractivity contribution in [2.24, 2.45) is 11.0 Å². The molecule has 2 amide bonds. The van der Waals surface area contributed by atoms with Gasteiger partial charge in [0, 0.05) is 22.7 Å². The highest BCUT2D eigenvalue weighted by atomic mass is 16.3. The number of carbonyl (C=O) groups excluding carboxylic acids is 2. The maximum atomic E-state index is 12.3. The van der Waals surface area contributed by atoms with Crippen LogP contribution in [-0.4, -0.2) is 22.6 Å². The van der Waals surface area contributed by atoms with Crippen LogP contribution in [0.3, 0.4) is 0 Å². The normalized spacial score (nSPS) is 15.1. The first-order chi connectivity index (χ1) is 13.5. The van der Waals surface area contributed by atoms with Crippen molar-refractivity contribution < 1.29 is 14.7 Å². The Labute approximate surface area is 164 Å². The Bertz CT molecular complexity index is 869. The SMILES string of the molecule is C/C(=N/NC(=O)c1ccc(NC(=O)C2CCCCC2)cc1)c1cccc(O)c1. The Balaban J connectivity index is 1.57. The van der Waals surface area contributed by atoms with E-state index in [0.29, 0.717) is 17.0 Å². The number of anilines is 1. The van der Waals surface area contributed by atoms with Crippen LogP contribution >= 0.6 is 0 Å². The third-order valence-corrected chi connectivity index (χ3v) is 4.98. The summed E-state index contributed by atoms with van der Waals surface area (Å²) in [5.74, 6) is -0.0522. The lowest BCUT2D eigenvalue weighted by Crippen LogP contribution is -2.24. The standard InChI is InChI=1S/C22H25N3O3/c1-15(18-8-5-9-20(26)14-18)24-25-22(28)17-10-12-19(13-11-17)23-21(27)16-6-3-2-4-7-16/h5,8-14,16,26H,2-4,6-7H2,1H3,(H,23,27)(H,25,28)/b24-15-. The summed E-state index contributed by atoms with van der Waals surface area (Å²) in [6.07, 6.45) is 5.33. The van der Waals surface area contributed by atoms with Crippen LogP contribution in [0.4, 0.5) is 5.69 Å². The van der Waals surface area contributed by atoms with Gasteiger partial charge in [-0.1, -0.05) is 31.4 Å². The number of hydrogen-bond donors (Lipinski definition) is 3. The number of carbonyl (C=O) groups is 2. The summed E-state index contributed by atoms with van der Waals surface area (Å²) in [6.45, 7) is 1.75. The molecule has 1 fully saturated rings. The molecule has 0 bridgehead atoms. The molecule has 0 radical (unpaired) electrons. The summed E-state index contributed by atoms with van der Waals surface area (Å²) >= 11 is 0. The molecule has 0 aromatic heterocycles. The van der Waals surface area contributed by atoms with Gasteiger partial charge < -0.3 is 10.4 Å². The zero-order chi connectivity index (χ0) is 19.9. The highest BCUT2D eigenvalue weighted by molar-refractivity contribution is 6.01. The van der Waals surface area contributed by atoms with Gasteiger partial charge in [-0.15, -0.1) is 0 Å². The van der Waals surface area contributed by atoms with Gasteiger partial charge in [-0.3, -0.25) is 9.59 Å². The van der Waals surface area contributed by atoms with Gasteiger partial charge in [-0.25, -0.2) is 5.43 Å². The number of phenols is 1. The minimum absolute atomic E-state index is 0.0586. The fourth-order valence-electron chi connectivity index (χ4n) is 3.31. The second-order valence-electron chi connectivity index (χ2n) is 7.09. The minimum atomic E-state index is -0.343. The number of nitrogens with zero attached hydrogens (tertiary/aromatic N) is 1. The average molecular weight is 379 g/mol. The molecule has 0 atom stereocenters. The molecule has 2 aromatic rings. The highest BCUT2D eigenvalue weighted by Gasteiger charge is 2.21. The third kappa shape index (κ3) is 5.19. The smallest absolute Gasteiger partial charge is 0.271 e. The molecule has 1 saturated carbocycles. The first-order valence-corrected chi connectivity index (χ1v) is 9.58. The Morgan fingerprint density at radius 2 is 1.71 bits per heavy atom. The molecule has 1 aliphatic rings. The van der Waals surface area contributed by atoms with E-state index in [1.54, 1.807) is 55.5 Å². The summed E-state index contributed by atoms with van der Waals surface area (Å²) in [7, 11) is 0. The largest absolute Gasteiger partial charge is 0.508 e. The predicted molar refractivity (Wildman–Crippen MR) is 109 cm³/mol. The van der Waals surface area contributed by atoms with Crippen molar-refractivity contribution >= 4 is 23.2 Å². The lowest BCUT2D eigenvalue weighted by Gasteiger charge is -2.20. The second-order valence-corrected chi connectivity index (χ2v) is 7.09. The number of hydrogen-bond acceptors (Lipinski definition) is 4. The van der Waals surface area contributed by atoms with Gasteiger partial charge in [0.25, 0.3) is 5.91 Å². The van der Waals surface area contributed by atoms with Crippen LogP contribution in [0.25, 0.3) is 0 Å². The molecule has 6 nitrogen and oxygen atoms in total. The third-order valence-electron chi connectivity index (χ3n) is 4.98. The maximum Gasteiger partial charge on any atom is 0.271 e. The summed E-state index contributed by atoms with van der Waals surface area (Å²) in [4.78, 5) is 24.6. The van der Waals surface area contributed by atoms with E-state index in [9.17, 15) is 14.7 Å². The highest BCUT2D eigenvalue weighted by Crippen LogP contribution is 2.25. The van der Waals surface area contributed by atoms with Crippen molar-refractivity contribution in [3.8, 4) is 5.75 Å². The molecule has 1 aliphatic carbocycles. The lowest BCUT2D eigenvalue weighted by molar-refractivity contribution is -0.120. The Kier molecular flexibility index (Phi) is 6.42. The van der Waals surface area contributed by atoms with Gasteiger partial charge in [0.15, 0.2) is 0 Å². The monoisotopic (exact) mass is 379 g/mol. The van der Waals surface area contributed by atoms with Crippen molar-refractivity contribution in [1.82, 2.24) is 5.43 Å². The molecular formula is C22H25N3O3. The summed E-state index contributed by atoms with van der Waals surface area (Å²) in [5.41, 5.74) is 4.95. The molecule has 2 aromatic carbocycles. The van der Waals surface area contributed by atoms with E-state index in [0.717, 1.165) is 31.2 Å². The molecule has 3 rings (SSSR count). The molecule has 0 spiro atoms. The van der Waals surface area contributed by atoms with E-state index in [1.165, 1.54) is 6.42 Å². The van der Waals surface area contributed by atoms with Gasteiger partial charge in [0.1, 0.15) is 5.75 Å². The number of phenolic OH excluding ortho intramolecular Hbond substituents is 1. The van der Waals surface area contributed by atoms with E-state index < -0.39 is 0 Å². The van der Waals surface area contributed by atoms with E-state index in [-0.39, 0.29) is 23.5 Å². The number of aromatic hydroxyl groups is 1. The second kappa shape index (κ2) is 9.17. The van der Waals surface area contributed by atoms with Gasteiger partial charge in [-0.2, -0.15) is 5.10 Å². The van der Waals surface area contributed by atoms with Crippen LogP contribution in [0.15, 0.2) is 53.6 Å². The topological polar surface area (TPSA) is 90.8 Å². The van der Waals surface area contributed by atoms with Gasteiger partial charge in [-0.05, 0) is 56.2 Å². The van der Waals surface area contributed by atoms with Crippen LogP contribution in [0.2, 0.25) is 0 Å². The van der Waals surface area contributed by atoms with E-state index in [1.807, 2.05) is 0 Å². The van der Waals surface area contributed by atoms with Crippen LogP contribution in [-0.2, 0) is 4.79 Å². The maximum absolute atomic E-state index is 12.3. The summed E-state index contributed by atoms with van der Waals surface area (Å²) in [5, 5.41) is 16.5. The van der Waals surface area contributed by atoms with Crippen LogP contribution in [0.1, 0.15) is 54.9 Å². The number of amides is 2. The van der Waals surface area contributed by atoms with Gasteiger partial charge >= 0.3 is 0 Å². The van der Waals surface area contributed by atoms with Crippen molar-refractivity contribution in [3.63, 3.8) is 0 Å². The summed E-state index contributed by atoms with van der Waals surface area (Å²) in [6, 6.07) is 13.4. The molecule has 0 saturated heterocycles. The Morgan fingerprint density at radius 1 is 1.00 bits per heavy atom. The fraction of sp³-hybridized carbons (Fsp3) is 0.318. The van der Waals surface area contributed by atoms with Gasteiger partial charge in [0.2, 0.25) is 5.91 Å². The molecule has 0 aliphatic heterocycles. The van der Waals surface area contributed by atoms with Crippen molar-refractivity contribution in [1.29, 1.82) is 0 Å². The molecule has 28 heavy (non-hydrogen) atoms.